The van der Waals surface area contributed by atoms with E-state index in [-0.39, 0.29) is 23.4 Å². The lowest BCUT2D eigenvalue weighted by atomic mass is 9.86. The monoisotopic (exact) mass is 521 g/mol. The molecule has 7 nitrogen and oxygen atoms in total. The molecule has 5 atom stereocenters. The second-order valence-electron chi connectivity index (χ2n) is 9.45. The van der Waals surface area contributed by atoms with Gasteiger partial charge in [0.2, 0.25) is 11.8 Å². The van der Waals surface area contributed by atoms with Gasteiger partial charge in [0, 0.05) is 6.07 Å². The van der Waals surface area contributed by atoms with Crippen LogP contribution in [0.5, 0.6) is 0 Å². The van der Waals surface area contributed by atoms with Crippen LogP contribution in [0.25, 0.3) is 0 Å². The fourth-order valence-corrected chi connectivity index (χ4v) is 4.67. The molecule has 1 aliphatic rings. The molecule has 0 bridgehead atoms. The van der Waals surface area contributed by atoms with Crippen molar-refractivity contribution in [3.8, 4) is 0 Å². The Kier molecular flexibility index (Phi) is 8.48. The van der Waals surface area contributed by atoms with E-state index in [1.54, 1.807) is 0 Å². The van der Waals surface area contributed by atoms with Crippen LogP contribution in [0.3, 0.4) is 0 Å². The summed E-state index contributed by atoms with van der Waals surface area (Å²) >= 11 is 0. The molecule has 1 heterocycles. The van der Waals surface area contributed by atoms with Crippen LogP contribution in [0, 0.1) is 11.6 Å². The Morgan fingerprint density at radius 2 is 1.47 bits per heavy atom. The third-order valence-corrected chi connectivity index (χ3v) is 6.66. The summed E-state index contributed by atoms with van der Waals surface area (Å²) in [6.45, 7) is 1.39. The highest BCUT2D eigenvalue weighted by molar-refractivity contribution is 5.93. The number of carbonyl (C=O) groups is 3. The molecule has 0 saturated carbocycles. The molecule has 4 N–H and O–H groups in total. The first-order valence-corrected chi connectivity index (χ1v) is 12.4. The third kappa shape index (κ3) is 6.60. The number of halogens is 2. The number of carbonyl (C=O) groups excluding carboxylic acids is 3. The second kappa shape index (κ2) is 12.0. The van der Waals surface area contributed by atoms with Crippen LogP contribution in [-0.2, 0) is 14.4 Å². The van der Waals surface area contributed by atoms with Crippen molar-refractivity contribution in [1.29, 1.82) is 0 Å². The molecule has 9 heteroatoms. The molecule has 0 spiro atoms. The molecule has 1 aliphatic heterocycles. The van der Waals surface area contributed by atoms with Crippen molar-refractivity contribution < 1.29 is 28.3 Å². The summed E-state index contributed by atoms with van der Waals surface area (Å²) in [7, 11) is 0. The van der Waals surface area contributed by atoms with Gasteiger partial charge in [0.1, 0.15) is 23.7 Å². The molecule has 0 aliphatic carbocycles. The average Bonchev–Trinajstić information content (AvgIpc) is 3.07. The highest BCUT2D eigenvalue weighted by atomic mass is 19.1. The maximum Gasteiger partial charge on any atom is 0.254 e. The SMILES string of the molecule is C[C@H](NC(=O)[C@@H](O)c1cc(F)cc(F)c1)C(=O)N[C@H]1C[C@H](c2ccccc2)C[C@@H](c2ccccc2)NC1=O. The Morgan fingerprint density at radius 3 is 2.08 bits per heavy atom. The summed E-state index contributed by atoms with van der Waals surface area (Å²) in [5.74, 6) is -3.92. The highest BCUT2D eigenvalue weighted by Crippen LogP contribution is 2.34. The first-order valence-electron chi connectivity index (χ1n) is 12.4. The number of aliphatic hydroxyl groups excluding tert-OH is 1. The molecular weight excluding hydrogens is 492 g/mol. The predicted octanol–water partition coefficient (Wildman–Crippen LogP) is 3.42. The van der Waals surface area contributed by atoms with Crippen molar-refractivity contribution in [2.24, 2.45) is 0 Å². The summed E-state index contributed by atoms with van der Waals surface area (Å²) in [4.78, 5) is 38.6. The van der Waals surface area contributed by atoms with Gasteiger partial charge in [0.25, 0.3) is 5.91 Å². The second-order valence-corrected chi connectivity index (χ2v) is 9.45. The van der Waals surface area contributed by atoms with E-state index >= 15 is 0 Å². The van der Waals surface area contributed by atoms with Gasteiger partial charge in [-0.05, 0) is 54.5 Å². The lowest BCUT2D eigenvalue weighted by molar-refractivity contribution is -0.135. The topological polar surface area (TPSA) is 108 Å². The number of hydrogen-bond donors (Lipinski definition) is 4. The number of amides is 3. The van der Waals surface area contributed by atoms with E-state index in [0.29, 0.717) is 18.9 Å². The van der Waals surface area contributed by atoms with Gasteiger partial charge in [-0.3, -0.25) is 14.4 Å². The fraction of sp³-hybridized carbons (Fsp3) is 0.276. The first-order chi connectivity index (χ1) is 18.2. The van der Waals surface area contributed by atoms with E-state index in [4.69, 9.17) is 0 Å². The van der Waals surface area contributed by atoms with Crippen molar-refractivity contribution in [1.82, 2.24) is 16.0 Å². The molecule has 0 aromatic heterocycles. The molecule has 4 rings (SSSR count). The predicted molar refractivity (Wildman–Crippen MR) is 137 cm³/mol. The zero-order chi connectivity index (χ0) is 27.2. The molecule has 198 valence electrons. The first kappa shape index (κ1) is 26.9. The van der Waals surface area contributed by atoms with Gasteiger partial charge >= 0.3 is 0 Å². The van der Waals surface area contributed by atoms with Gasteiger partial charge in [-0.25, -0.2) is 8.78 Å². The van der Waals surface area contributed by atoms with Crippen molar-refractivity contribution >= 4 is 17.7 Å². The molecular formula is C29H29F2N3O4. The number of hydrogen-bond acceptors (Lipinski definition) is 4. The van der Waals surface area contributed by atoms with Crippen molar-refractivity contribution in [3.05, 3.63) is 107 Å². The van der Waals surface area contributed by atoms with E-state index in [1.807, 2.05) is 60.7 Å². The maximum absolute atomic E-state index is 13.5. The Balaban J connectivity index is 1.46. The van der Waals surface area contributed by atoms with E-state index < -0.39 is 41.6 Å². The minimum Gasteiger partial charge on any atom is -0.378 e. The van der Waals surface area contributed by atoms with Crippen LogP contribution in [0.15, 0.2) is 78.9 Å². The molecule has 3 aromatic carbocycles. The molecule has 1 saturated heterocycles. The summed E-state index contributed by atoms with van der Waals surface area (Å²) in [5.41, 5.74) is 1.71. The zero-order valence-corrected chi connectivity index (χ0v) is 20.7. The van der Waals surface area contributed by atoms with E-state index in [1.165, 1.54) is 6.92 Å². The Morgan fingerprint density at radius 1 is 0.895 bits per heavy atom. The van der Waals surface area contributed by atoms with Gasteiger partial charge in [-0.2, -0.15) is 0 Å². The van der Waals surface area contributed by atoms with Crippen molar-refractivity contribution in [2.75, 3.05) is 0 Å². The average molecular weight is 522 g/mol. The lowest BCUT2D eigenvalue weighted by Crippen LogP contribution is -2.53. The van der Waals surface area contributed by atoms with Crippen LogP contribution < -0.4 is 16.0 Å². The van der Waals surface area contributed by atoms with Gasteiger partial charge in [-0.1, -0.05) is 60.7 Å². The maximum atomic E-state index is 13.5. The minimum atomic E-state index is -1.88. The lowest BCUT2D eigenvalue weighted by Gasteiger charge is -2.23. The van der Waals surface area contributed by atoms with Gasteiger partial charge in [0.15, 0.2) is 6.10 Å². The van der Waals surface area contributed by atoms with E-state index in [9.17, 15) is 28.3 Å². The standard InChI is InChI=1S/C29H29F2N3O4/c1-17(32-29(38)26(35)21-12-22(30)16-23(31)13-21)27(36)34-25-15-20(18-8-4-2-5-9-18)14-24(33-28(25)37)19-10-6-3-7-11-19/h2-13,16-17,20,24-26,35H,14-15H2,1H3,(H,32,38)(H,33,37)(H,34,36)/t17-,20+,24-,25-,26-/m0/s1. The van der Waals surface area contributed by atoms with Crippen LogP contribution >= 0.6 is 0 Å². The van der Waals surface area contributed by atoms with Crippen LogP contribution in [0.2, 0.25) is 0 Å². The van der Waals surface area contributed by atoms with Crippen LogP contribution in [-0.4, -0.2) is 34.9 Å². The smallest absolute Gasteiger partial charge is 0.254 e. The van der Waals surface area contributed by atoms with Gasteiger partial charge in [-0.15, -0.1) is 0 Å². The quantitative estimate of drug-likeness (QED) is 0.382. The van der Waals surface area contributed by atoms with E-state index in [2.05, 4.69) is 16.0 Å². The molecule has 3 aromatic rings. The summed E-state index contributed by atoms with van der Waals surface area (Å²) < 4.78 is 27.0. The Hall–Kier alpha value is -4.11. The fourth-order valence-electron chi connectivity index (χ4n) is 4.67. The van der Waals surface area contributed by atoms with Crippen molar-refractivity contribution in [3.63, 3.8) is 0 Å². The molecule has 3 amide bonds. The van der Waals surface area contributed by atoms with Crippen LogP contribution in [0.4, 0.5) is 8.78 Å². The zero-order valence-electron chi connectivity index (χ0n) is 20.7. The Bertz CT molecular complexity index is 1270. The minimum absolute atomic E-state index is 0.0414. The number of aliphatic hydroxyl groups is 1. The van der Waals surface area contributed by atoms with Crippen molar-refractivity contribution in [2.45, 2.75) is 49.9 Å². The number of benzene rings is 3. The largest absolute Gasteiger partial charge is 0.378 e. The summed E-state index contributed by atoms with van der Waals surface area (Å²) in [5, 5.41) is 18.3. The number of nitrogens with one attached hydrogen (secondary N) is 3. The van der Waals surface area contributed by atoms with E-state index in [0.717, 1.165) is 23.3 Å². The number of rotatable bonds is 7. The van der Waals surface area contributed by atoms with Gasteiger partial charge in [0.05, 0.1) is 6.04 Å². The molecule has 0 unspecified atom stereocenters. The molecule has 38 heavy (non-hydrogen) atoms. The third-order valence-electron chi connectivity index (χ3n) is 6.66. The summed E-state index contributed by atoms with van der Waals surface area (Å²) in [6, 6.07) is 19.4. The summed E-state index contributed by atoms with van der Waals surface area (Å²) in [6.07, 6.45) is -0.906. The molecule has 1 fully saturated rings. The normalized spacial score (nSPS) is 20.9. The van der Waals surface area contributed by atoms with Gasteiger partial charge < -0.3 is 21.1 Å². The highest BCUT2D eigenvalue weighted by Gasteiger charge is 2.34. The van der Waals surface area contributed by atoms with Crippen LogP contribution in [0.1, 0.15) is 54.5 Å². The Labute approximate surface area is 219 Å². The molecule has 0 radical (unpaired) electrons.